The number of carboxylic acid groups (broad SMARTS) is 1. The van der Waals surface area contributed by atoms with E-state index in [1.54, 1.807) is 37.5 Å². The first-order valence-electron chi connectivity index (χ1n) is 7.07. The van der Waals surface area contributed by atoms with Gasteiger partial charge in [0.1, 0.15) is 0 Å². The minimum Gasteiger partial charge on any atom is -0.481 e. The van der Waals surface area contributed by atoms with E-state index < -0.39 is 11.5 Å². The third-order valence-corrected chi connectivity index (χ3v) is 3.92. The Balaban J connectivity index is 2.27. The Morgan fingerprint density at radius 2 is 1.86 bits per heavy atom. The number of rotatable bonds is 5. The molecule has 1 unspecified atom stereocenters. The van der Waals surface area contributed by atoms with Crippen molar-refractivity contribution in [2.24, 2.45) is 5.92 Å². The van der Waals surface area contributed by atoms with Crippen molar-refractivity contribution >= 4 is 22.9 Å². The molecule has 0 radical (unpaired) electrons. The van der Waals surface area contributed by atoms with Crippen molar-refractivity contribution in [2.75, 3.05) is 0 Å². The number of aliphatic carboxylic acids is 1. The number of carboxylic acids is 1. The fourth-order valence-electron chi connectivity index (χ4n) is 2.14. The summed E-state index contributed by atoms with van der Waals surface area (Å²) >= 11 is 0. The zero-order valence-electron chi connectivity index (χ0n) is 12.8. The molecule has 6 nitrogen and oxygen atoms in total. The van der Waals surface area contributed by atoms with Gasteiger partial charge in [-0.05, 0) is 31.0 Å². The Morgan fingerprint density at radius 3 is 2.45 bits per heavy atom. The molecule has 1 heterocycles. The van der Waals surface area contributed by atoms with Gasteiger partial charge in [-0.15, -0.1) is 0 Å². The summed E-state index contributed by atoms with van der Waals surface area (Å²) < 4.78 is 0. The summed E-state index contributed by atoms with van der Waals surface area (Å²) in [7, 11) is 0. The Kier molecular flexibility index (Phi) is 4.40. The summed E-state index contributed by atoms with van der Waals surface area (Å²) in [6.07, 6.45) is 3.02. The van der Waals surface area contributed by atoms with Crippen LogP contribution in [0.1, 0.15) is 37.6 Å². The molecule has 0 bridgehead atoms. The van der Waals surface area contributed by atoms with E-state index in [0.29, 0.717) is 16.6 Å². The molecule has 0 aliphatic rings. The minimum atomic E-state index is -0.944. The third-order valence-electron chi connectivity index (χ3n) is 3.92. The summed E-state index contributed by atoms with van der Waals surface area (Å²) in [5.41, 5.74) is 0.946. The number of hydrogen-bond donors (Lipinski definition) is 2. The van der Waals surface area contributed by atoms with Crippen LogP contribution in [0.5, 0.6) is 0 Å². The molecule has 0 saturated heterocycles. The SMILES string of the molecule is CC(C)C(C)(CC(=O)O)NC(=O)c1ccc2nccnc2c1. The van der Waals surface area contributed by atoms with E-state index >= 15 is 0 Å². The summed E-state index contributed by atoms with van der Waals surface area (Å²) in [4.78, 5) is 31.8. The molecule has 1 aromatic carbocycles. The standard InChI is InChI=1S/C16H19N3O3/c1-10(2)16(3,9-14(20)21)19-15(22)11-4-5-12-13(8-11)18-7-6-17-12/h4-8,10H,9H2,1-3H3,(H,19,22)(H,20,21). The van der Waals surface area contributed by atoms with Crippen molar-refractivity contribution in [2.45, 2.75) is 32.7 Å². The predicted octanol–water partition coefficient (Wildman–Crippen LogP) is 2.25. The van der Waals surface area contributed by atoms with Crippen LogP contribution in [0.4, 0.5) is 0 Å². The second-order valence-corrected chi connectivity index (χ2v) is 5.86. The molecule has 1 amide bonds. The van der Waals surface area contributed by atoms with Crippen LogP contribution in [-0.4, -0.2) is 32.5 Å². The van der Waals surface area contributed by atoms with Gasteiger partial charge in [-0.3, -0.25) is 19.6 Å². The van der Waals surface area contributed by atoms with Gasteiger partial charge in [0.05, 0.1) is 23.0 Å². The third kappa shape index (κ3) is 3.39. The Bertz CT molecular complexity index is 715. The second kappa shape index (κ2) is 6.09. The summed E-state index contributed by atoms with van der Waals surface area (Å²) in [5, 5.41) is 11.9. The van der Waals surface area contributed by atoms with E-state index in [4.69, 9.17) is 5.11 Å². The van der Waals surface area contributed by atoms with E-state index in [-0.39, 0.29) is 18.2 Å². The van der Waals surface area contributed by atoms with E-state index in [9.17, 15) is 9.59 Å². The van der Waals surface area contributed by atoms with Gasteiger partial charge in [-0.2, -0.15) is 0 Å². The monoisotopic (exact) mass is 301 g/mol. The number of hydrogen-bond acceptors (Lipinski definition) is 4. The van der Waals surface area contributed by atoms with Crippen LogP contribution in [0.25, 0.3) is 11.0 Å². The number of aromatic nitrogens is 2. The molecule has 22 heavy (non-hydrogen) atoms. The topological polar surface area (TPSA) is 92.2 Å². The van der Waals surface area contributed by atoms with Crippen LogP contribution >= 0.6 is 0 Å². The smallest absolute Gasteiger partial charge is 0.305 e. The maximum atomic E-state index is 12.4. The van der Waals surface area contributed by atoms with Crippen LogP contribution in [0.3, 0.4) is 0 Å². The van der Waals surface area contributed by atoms with Gasteiger partial charge in [-0.1, -0.05) is 13.8 Å². The highest BCUT2D eigenvalue weighted by molar-refractivity contribution is 5.97. The summed E-state index contributed by atoms with van der Waals surface area (Å²) in [6, 6.07) is 5.04. The molecule has 0 aliphatic heterocycles. The molecule has 0 spiro atoms. The number of fused-ring (bicyclic) bond motifs is 1. The largest absolute Gasteiger partial charge is 0.481 e. The molecule has 1 aromatic heterocycles. The molecule has 0 saturated carbocycles. The molecule has 6 heteroatoms. The summed E-state index contributed by atoms with van der Waals surface area (Å²) in [5.74, 6) is -1.28. The molecule has 2 N–H and O–H groups in total. The van der Waals surface area contributed by atoms with E-state index in [0.717, 1.165) is 0 Å². The molecular weight excluding hydrogens is 282 g/mol. The number of carbonyl (C=O) groups is 2. The zero-order chi connectivity index (χ0) is 16.3. The van der Waals surface area contributed by atoms with Crippen LogP contribution in [0, 0.1) is 5.92 Å². The lowest BCUT2D eigenvalue weighted by Crippen LogP contribution is -2.51. The lowest BCUT2D eigenvalue weighted by molar-refractivity contribution is -0.138. The van der Waals surface area contributed by atoms with Crippen molar-refractivity contribution in [3.63, 3.8) is 0 Å². The summed E-state index contributed by atoms with van der Waals surface area (Å²) in [6.45, 7) is 5.51. The Hall–Kier alpha value is -2.50. The highest BCUT2D eigenvalue weighted by Crippen LogP contribution is 2.22. The first-order valence-corrected chi connectivity index (χ1v) is 7.07. The number of nitrogens with one attached hydrogen (secondary N) is 1. The van der Waals surface area contributed by atoms with Crippen molar-refractivity contribution in [1.29, 1.82) is 0 Å². The van der Waals surface area contributed by atoms with Gasteiger partial charge in [-0.25, -0.2) is 0 Å². The number of benzene rings is 1. The van der Waals surface area contributed by atoms with Crippen molar-refractivity contribution in [1.82, 2.24) is 15.3 Å². The van der Waals surface area contributed by atoms with Gasteiger partial charge in [0, 0.05) is 18.0 Å². The minimum absolute atomic E-state index is 0.0206. The van der Waals surface area contributed by atoms with Crippen LogP contribution < -0.4 is 5.32 Å². The normalized spacial score (nSPS) is 13.8. The van der Waals surface area contributed by atoms with Crippen LogP contribution in [0.2, 0.25) is 0 Å². The average Bonchev–Trinajstić information content (AvgIpc) is 2.45. The maximum absolute atomic E-state index is 12.4. The highest BCUT2D eigenvalue weighted by Gasteiger charge is 2.33. The first kappa shape index (κ1) is 15.9. The maximum Gasteiger partial charge on any atom is 0.305 e. The number of carbonyl (C=O) groups excluding carboxylic acids is 1. The van der Waals surface area contributed by atoms with Gasteiger partial charge in [0.25, 0.3) is 5.91 Å². The van der Waals surface area contributed by atoms with E-state index in [2.05, 4.69) is 15.3 Å². The Morgan fingerprint density at radius 1 is 1.23 bits per heavy atom. The second-order valence-electron chi connectivity index (χ2n) is 5.86. The highest BCUT2D eigenvalue weighted by atomic mass is 16.4. The van der Waals surface area contributed by atoms with Crippen LogP contribution in [0.15, 0.2) is 30.6 Å². The lowest BCUT2D eigenvalue weighted by Gasteiger charge is -2.33. The molecular formula is C16H19N3O3. The molecule has 2 aromatic rings. The van der Waals surface area contributed by atoms with E-state index in [1.165, 1.54) is 0 Å². The molecule has 2 rings (SSSR count). The zero-order valence-corrected chi connectivity index (χ0v) is 12.8. The Labute approximate surface area is 128 Å². The van der Waals surface area contributed by atoms with Crippen molar-refractivity contribution < 1.29 is 14.7 Å². The van der Waals surface area contributed by atoms with Crippen molar-refractivity contribution in [3.05, 3.63) is 36.2 Å². The van der Waals surface area contributed by atoms with Crippen LogP contribution in [-0.2, 0) is 4.79 Å². The van der Waals surface area contributed by atoms with Gasteiger partial charge < -0.3 is 10.4 Å². The average molecular weight is 301 g/mol. The molecule has 1 atom stereocenters. The predicted molar refractivity (Wildman–Crippen MR) is 82.5 cm³/mol. The number of nitrogens with zero attached hydrogens (tertiary/aromatic N) is 2. The molecule has 0 aliphatic carbocycles. The fraction of sp³-hybridized carbons (Fsp3) is 0.375. The molecule has 116 valence electrons. The van der Waals surface area contributed by atoms with Crippen molar-refractivity contribution in [3.8, 4) is 0 Å². The van der Waals surface area contributed by atoms with E-state index in [1.807, 2.05) is 13.8 Å². The quantitative estimate of drug-likeness (QED) is 0.883. The van der Waals surface area contributed by atoms with Gasteiger partial charge >= 0.3 is 5.97 Å². The van der Waals surface area contributed by atoms with Gasteiger partial charge in [0.15, 0.2) is 0 Å². The molecule has 0 fully saturated rings. The van der Waals surface area contributed by atoms with Gasteiger partial charge in [0.2, 0.25) is 0 Å². The lowest BCUT2D eigenvalue weighted by atomic mass is 9.85. The first-order chi connectivity index (χ1) is 10.3. The number of amides is 1. The fourth-order valence-corrected chi connectivity index (χ4v) is 2.14.